The highest BCUT2D eigenvalue weighted by Gasteiger charge is 2.72. The van der Waals surface area contributed by atoms with Crippen molar-refractivity contribution in [3.63, 3.8) is 0 Å². The number of fused-ring (bicyclic) bond motifs is 4. The molecule has 3 aliphatic carbocycles. The number of carbonyl (C=O) groups is 1. The lowest BCUT2D eigenvalue weighted by Gasteiger charge is -2.54. The van der Waals surface area contributed by atoms with Gasteiger partial charge in [0, 0.05) is 17.1 Å². The van der Waals surface area contributed by atoms with Crippen LogP contribution in [0.1, 0.15) is 52.9 Å². The van der Waals surface area contributed by atoms with Gasteiger partial charge in [0.25, 0.3) is 0 Å². The molecule has 0 aromatic rings. The molecule has 5 aliphatic rings. The van der Waals surface area contributed by atoms with Gasteiger partial charge in [-0.2, -0.15) is 0 Å². The van der Waals surface area contributed by atoms with Gasteiger partial charge in [-0.1, -0.05) is 20.3 Å². The highest BCUT2D eigenvalue weighted by atomic mass is 16.6. The van der Waals surface area contributed by atoms with Gasteiger partial charge in [0.2, 0.25) is 0 Å². The molecule has 5 rings (SSSR count). The average molecular weight is 300 g/mol. The Morgan fingerprint density at radius 1 is 1.27 bits per heavy atom. The zero-order chi connectivity index (χ0) is 15.3. The third kappa shape index (κ3) is 1.40. The molecule has 2 saturated carbocycles. The van der Waals surface area contributed by atoms with Crippen molar-refractivity contribution in [1.29, 1.82) is 0 Å². The molecule has 22 heavy (non-hydrogen) atoms. The monoisotopic (exact) mass is 300 g/mol. The van der Waals surface area contributed by atoms with Gasteiger partial charge in [-0.05, 0) is 55.9 Å². The van der Waals surface area contributed by atoms with Gasteiger partial charge in [0.15, 0.2) is 0 Å². The molecule has 0 aromatic heterocycles. The lowest BCUT2D eigenvalue weighted by Crippen LogP contribution is -2.51. The lowest BCUT2D eigenvalue weighted by molar-refractivity contribution is -0.133. The Balaban J connectivity index is 1.61. The maximum Gasteiger partial charge on any atom is 0.339 e. The Morgan fingerprint density at radius 3 is 2.91 bits per heavy atom. The first-order valence-corrected chi connectivity index (χ1v) is 8.79. The van der Waals surface area contributed by atoms with Gasteiger partial charge in [0.1, 0.15) is 17.5 Å². The fourth-order valence-corrected chi connectivity index (χ4v) is 5.98. The van der Waals surface area contributed by atoms with Gasteiger partial charge < -0.3 is 9.47 Å². The summed E-state index contributed by atoms with van der Waals surface area (Å²) in [5.74, 6) is 2.68. The maximum atomic E-state index is 11.9. The first kappa shape index (κ1) is 13.4. The Morgan fingerprint density at radius 2 is 2.09 bits per heavy atom. The van der Waals surface area contributed by atoms with Gasteiger partial charge in [-0.15, -0.1) is 0 Å². The molecule has 2 unspecified atom stereocenters. The summed E-state index contributed by atoms with van der Waals surface area (Å²) in [4.78, 5) is 11.9. The number of rotatable bonds is 0. The summed E-state index contributed by atoms with van der Waals surface area (Å²) < 4.78 is 11.8. The molecule has 3 fully saturated rings. The van der Waals surface area contributed by atoms with Crippen molar-refractivity contribution in [1.82, 2.24) is 0 Å². The minimum absolute atomic E-state index is 0.0279. The van der Waals surface area contributed by atoms with Crippen LogP contribution in [0.25, 0.3) is 0 Å². The van der Waals surface area contributed by atoms with Crippen molar-refractivity contribution >= 4 is 5.97 Å². The highest BCUT2D eigenvalue weighted by molar-refractivity contribution is 5.94. The van der Waals surface area contributed by atoms with Crippen LogP contribution in [0.15, 0.2) is 23.0 Å². The molecule has 0 aromatic carbocycles. The molecule has 6 atom stereocenters. The van der Waals surface area contributed by atoms with Crippen molar-refractivity contribution in [2.24, 2.45) is 23.2 Å². The molecule has 1 spiro atoms. The highest BCUT2D eigenvalue weighted by Crippen LogP contribution is 2.69. The number of ether oxygens (including phenoxy) is 2. The Bertz CT molecular complexity index is 645. The van der Waals surface area contributed by atoms with E-state index in [1.165, 1.54) is 25.7 Å². The summed E-state index contributed by atoms with van der Waals surface area (Å²) in [6.07, 6.45) is 8.73. The Labute approximate surface area is 131 Å². The Hall–Kier alpha value is -1.09. The lowest BCUT2D eigenvalue weighted by atomic mass is 9.49. The van der Waals surface area contributed by atoms with E-state index in [1.807, 2.05) is 6.92 Å². The normalized spacial score (nSPS) is 52.1. The standard InChI is InChI=1S/C19H24O3/c1-10-4-6-18(3)12(8-10)5-7-19-14(18)9-13-15(16(19)22-19)11(2)17(20)21-13/h9-10,12,14,16H,4-8H2,1-3H3/t10-,12-,14+,16?,18-,19?/m1/s1. The molecule has 3 nitrogen and oxygen atoms in total. The summed E-state index contributed by atoms with van der Waals surface area (Å²) >= 11 is 0. The number of hydrogen-bond acceptors (Lipinski definition) is 3. The minimum Gasteiger partial charge on any atom is -0.423 e. The average Bonchev–Trinajstić information content (AvgIpc) is 3.13. The SMILES string of the molecule is CC1=C2C(=C[C@@H]3C4(CC[C@@H]5C[C@H](C)CC[C@]53C)OC24)OC1=O. The van der Waals surface area contributed by atoms with E-state index < -0.39 is 0 Å². The van der Waals surface area contributed by atoms with Crippen LogP contribution in [0.3, 0.4) is 0 Å². The number of epoxide rings is 1. The number of hydrogen-bond donors (Lipinski definition) is 0. The zero-order valence-electron chi connectivity index (χ0n) is 13.6. The molecule has 1 saturated heterocycles. The van der Waals surface area contributed by atoms with E-state index in [4.69, 9.17) is 9.47 Å². The minimum atomic E-state index is -0.176. The molecule has 2 aliphatic heterocycles. The Kier molecular flexibility index (Phi) is 2.35. The second-order valence-electron chi connectivity index (χ2n) is 8.51. The quantitative estimate of drug-likeness (QED) is 0.505. The summed E-state index contributed by atoms with van der Waals surface area (Å²) in [5, 5.41) is 0. The number of esters is 1. The van der Waals surface area contributed by atoms with Crippen molar-refractivity contribution in [3.8, 4) is 0 Å². The van der Waals surface area contributed by atoms with E-state index in [9.17, 15) is 4.79 Å². The van der Waals surface area contributed by atoms with Gasteiger partial charge >= 0.3 is 5.97 Å². The summed E-state index contributed by atoms with van der Waals surface area (Å²) in [6, 6.07) is 0. The second kappa shape index (κ2) is 3.87. The molecule has 2 heterocycles. The molecule has 118 valence electrons. The van der Waals surface area contributed by atoms with Gasteiger partial charge in [-0.25, -0.2) is 4.79 Å². The molecule has 0 bridgehead atoms. The van der Waals surface area contributed by atoms with E-state index in [1.54, 1.807) is 0 Å². The molecule has 0 amide bonds. The van der Waals surface area contributed by atoms with E-state index in [-0.39, 0.29) is 17.7 Å². The van der Waals surface area contributed by atoms with Crippen molar-refractivity contribution in [3.05, 3.63) is 23.0 Å². The van der Waals surface area contributed by atoms with Gasteiger partial charge in [-0.3, -0.25) is 0 Å². The molecule has 0 radical (unpaired) electrons. The van der Waals surface area contributed by atoms with E-state index >= 15 is 0 Å². The fraction of sp³-hybridized carbons (Fsp3) is 0.737. The van der Waals surface area contributed by atoms with Crippen LogP contribution in [0.4, 0.5) is 0 Å². The zero-order valence-corrected chi connectivity index (χ0v) is 13.6. The maximum absolute atomic E-state index is 11.9. The first-order valence-electron chi connectivity index (χ1n) is 8.79. The predicted molar refractivity (Wildman–Crippen MR) is 81.8 cm³/mol. The van der Waals surface area contributed by atoms with Crippen LogP contribution in [-0.4, -0.2) is 17.7 Å². The van der Waals surface area contributed by atoms with Gasteiger partial charge in [0.05, 0.1) is 0 Å². The van der Waals surface area contributed by atoms with E-state index in [0.29, 0.717) is 11.3 Å². The van der Waals surface area contributed by atoms with Crippen LogP contribution in [0.2, 0.25) is 0 Å². The first-order chi connectivity index (χ1) is 10.5. The molecule has 3 heteroatoms. The summed E-state index contributed by atoms with van der Waals surface area (Å²) in [6.45, 7) is 6.73. The fourth-order valence-electron chi connectivity index (χ4n) is 5.98. The van der Waals surface area contributed by atoms with E-state index in [0.717, 1.165) is 35.2 Å². The molecule has 0 N–H and O–H groups in total. The third-order valence-electron chi connectivity index (χ3n) is 7.40. The van der Waals surface area contributed by atoms with Crippen LogP contribution in [-0.2, 0) is 14.3 Å². The second-order valence-corrected chi connectivity index (χ2v) is 8.51. The van der Waals surface area contributed by atoms with Crippen LogP contribution < -0.4 is 0 Å². The molecular weight excluding hydrogens is 276 g/mol. The third-order valence-corrected chi connectivity index (χ3v) is 7.40. The van der Waals surface area contributed by atoms with Crippen LogP contribution in [0.5, 0.6) is 0 Å². The van der Waals surface area contributed by atoms with Crippen molar-refractivity contribution < 1.29 is 14.3 Å². The largest absolute Gasteiger partial charge is 0.423 e. The summed E-state index contributed by atoms with van der Waals surface area (Å²) in [5.41, 5.74) is 2.09. The number of carbonyl (C=O) groups excluding carboxylic acids is 1. The van der Waals surface area contributed by atoms with E-state index in [2.05, 4.69) is 19.9 Å². The topological polar surface area (TPSA) is 38.8 Å². The smallest absolute Gasteiger partial charge is 0.339 e. The molecular formula is C19H24O3. The predicted octanol–water partition coefficient (Wildman–Crippen LogP) is 3.75. The van der Waals surface area contributed by atoms with Crippen molar-refractivity contribution in [2.45, 2.75) is 64.6 Å². The summed E-state index contributed by atoms with van der Waals surface area (Å²) in [7, 11) is 0. The van der Waals surface area contributed by atoms with Crippen LogP contribution in [0, 0.1) is 23.2 Å². The van der Waals surface area contributed by atoms with Crippen molar-refractivity contribution in [2.75, 3.05) is 0 Å². The van der Waals surface area contributed by atoms with Crippen LogP contribution >= 0.6 is 0 Å².